The summed E-state index contributed by atoms with van der Waals surface area (Å²) in [5, 5.41) is 34.0. The molecule has 0 aromatic carbocycles. The van der Waals surface area contributed by atoms with Crippen molar-refractivity contribution in [3.8, 4) is 0 Å². The van der Waals surface area contributed by atoms with Crippen LogP contribution in [0, 0.1) is 28.6 Å². The summed E-state index contributed by atoms with van der Waals surface area (Å²) in [7, 11) is 0. The summed E-state index contributed by atoms with van der Waals surface area (Å²) in [6.45, 7) is 4.53. The third-order valence-corrected chi connectivity index (χ3v) is 9.97. The van der Waals surface area contributed by atoms with Gasteiger partial charge in [-0.3, -0.25) is 0 Å². The van der Waals surface area contributed by atoms with E-state index in [1.54, 1.807) is 12.5 Å². The van der Waals surface area contributed by atoms with Crippen LogP contribution in [0.3, 0.4) is 0 Å². The van der Waals surface area contributed by atoms with E-state index in [2.05, 4.69) is 13.8 Å². The Morgan fingerprint density at radius 2 is 1.78 bits per heavy atom. The highest BCUT2D eigenvalue weighted by atomic mass is 16.3. The first-order chi connectivity index (χ1) is 12.7. The molecule has 0 unspecified atom stereocenters. The quantitative estimate of drug-likeness (QED) is 0.695. The topological polar surface area (TPSA) is 73.8 Å². The second-order valence-electron chi connectivity index (χ2n) is 10.6. The minimum atomic E-state index is -1.01. The lowest BCUT2D eigenvalue weighted by Gasteiger charge is -2.64. The standard InChI is InChI=1S/C23H34O4/c1-20-8-5-17(24)13-15(20)3-4-19-18(20)6-9-21(2)22(25,10-11-23(19,21)26)16-7-12-27-14-16/h7,12,14-15,17-19,24-26H,3-6,8-11,13H2,1-2H3/t15-,17-,18+,19-,20+,21-,22-,23-/m1/s1. The number of aliphatic hydroxyl groups is 3. The van der Waals surface area contributed by atoms with Crippen LogP contribution >= 0.6 is 0 Å². The van der Waals surface area contributed by atoms with Gasteiger partial charge < -0.3 is 19.7 Å². The fourth-order valence-electron chi connectivity index (χ4n) is 8.18. The smallest absolute Gasteiger partial charge is 0.101 e. The van der Waals surface area contributed by atoms with E-state index in [1.165, 1.54) is 0 Å². The first kappa shape index (κ1) is 18.2. The van der Waals surface area contributed by atoms with E-state index in [-0.39, 0.29) is 17.4 Å². The molecular weight excluding hydrogens is 340 g/mol. The molecule has 4 heteroatoms. The lowest BCUT2D eigenvalue weighted by atomic mass is 9.43. The predicted octanol–water partition coefficient (Wildman–Crippen LogP) is 3.99. The van der Waals surface area contributed by atoms with Crippen molar-refractivity contribution < 1.29 is 19.7 Å². The lowest BCUT2D eigenvalue weighted by Crippen LogP contribution is -2.64. The van der Waals surface area contributed by atoms with Crippen molar-refractivity contribution in [1.82, 2.24) is 0 Å². The number of hydrogen-bond donors (Lipinski definition) is 3. The number of fused-ring (bicyclic) bond motifs is 5. The van der Waals surface area contributed by atoms with E-state index in [0.717, 1.165) is 50.5 Å². The molecule has 0 spiro atoms. The summed E-state index contributed by atoms with van der Waals surface area (Å²) >= 11 is 0. The van der Waals surface area contributed by atoms with Crippen LogP contribution in [0.15, 0.2) is 23.0 Å². The molecule has 1 heterocycles. The Balaban J connectivity index is 1.52. The number of rotatable bonds is 1. The van der Waals surface area contributed by atoms with Crippen LogP contribution in [0.25, 0.3) is 0 Å². The van der Waals surface area contributed by atoms with Gasteiger partial charge in [0.15, 0.2) is 0 Å². The largest absolute Gasteiger partial charge is 0.472 e. The van der Waals surface area contributed by atoms with Gasteiger partial charge in [0.2, 0.25) is 0 Å². The summed E-state index contributed by atoms with van der Waals surface area (Å²) < 4.78 is 5.29. The molecule has 4 nitrogen and oxygen atoms in total. The highest BCUT2D eigenvalue weighted by Crippen LogP contribution is 2.71. The van der Waals surface area contributed by atoms with Crippen LogP contribution in [0.4, 0.5) is 0 Å². The van der Waals surface area contributed by atoms with Crippen molar-refractivity contribution in [3.05, 3.63) is 24.2 Å². The molecule has 1 aromatic rings. The van der Waals surface area contributed by atoms with Crippen molar-refractivity contribution in [2.45, 2.75) is 88.9 Å². The van der Waals surface area contributed by atoms with E-state index in [9.17, 15) is 15.3 Å². The van der Waals surface area contributed by atoms with Gasteiger partial charge in [-0.1, -0.05) is 13.8 Å². The summed E-state index contributed by atoms with van der Waals surface area (Å²) in [6.07, 6.45) is 11.3. The molecule has 0 radical (unpaired) electrons. The van der Waals surface area contributed by atoms with Crippen LogP contribution in [-0.4, -0.2) is 27.0 Å². The summed E-state index contributed by atoms with van der Waals surface area (Å²) in [5.74, 6) is 1.31. The molecule has 5 rings (SSSR count). The molecule has 4 fully saturated rings. The van der Waals surface area contributed by atoms with Gasteiger partial charge in [-0.05, 0) is 87.0 Å². The normalized spacial score (nSPS) is 54.9. The Hall–Kier alpha value is -0.840. The van der Waals surface area contributed by atoms with Crippen molar-refractivity contribution in [2.75, 3.05) is 0 Å². The van der Waals surface area contributed by atoms with Crippen molar-refractivity contribution in [1.29, 1.82) is 0 Å². The van der Waals surface area contributed by atoms with Gasteiger partial charge in [0.25, 0.3) is 0 Å². The first-order valence-electron chi connectivity index (χ1n) is 10.9. The van der Waals surface area contributed by atoms with Gasteiger partial charge >= 0.3 is 0 Å². The maximum atomic E-state index is 12.1. The van der Waals surface area contributed by atoms with Gasteiger partial charge in [0.05, 0.1) is 24.2 Å². The summed E-state index contributed by atoms with van der Waals surface area (Å²) in [4.78, 5) is 0. The fourth-order valence-corrected chi connectivity index (χ4v) is 8.18. The van der Waals surface area contributed by atoms with Crippen LogP contribution in [0.1, 0.15) is 77.2 Å². The zero-order valence-corrected chi connectivity index (χ0v) is 16.7. The van der Waals surface area contributed by atoms with Crippen molar-refractivity contribution >= 4 is 0 Å². The number of hydrogen-bond acceptors (Lipinski definition) is 4. The van der Waals surface area contributed by atoms with Crippen LogP contribution in [0.2, 0.25) is 0 Å². The molecule has 0 amide bonds. The minimum absolute atomic E-state index is 0.144. The maximum Gasteiger partial charge on any atom is 0.101 e. The molecule has 1 aromatic heterocycles. The average Bonchev–Trinajstić information content (AvgIpc) is 3.24. The molecule has 4 aliphatic carbocycles. The molecule has 0 bridgehead atoms. The summed E-state index contributed by atoms with van der Waals surface area (Å²) in [5.41, 5.74) is -1.34. The zero-order chi connectivity index (χ0) is 19.1. The van der Waals surface area contributed by atoms with E-state index in [1.807, 2.05) is 6.07 Å². The Kier molecular flexibility index (Phi) is 3.78. The van der Waals surface area contributed by atoms with E-state index in [0.29, 0.717) is 24.7 Å². The van der Waals surface area contributed by atoms with E-state index < -0.39 is 16.6 Å². The van der Waals surface area contributed by atoms with Gasteiger partial charge in [-0.25, -0.2) is 0 Å². The molecule has 3 N–H and O–H groups in total. The van der Waals surface area contributed by atoms with E-state index >= 15 is 0 Å². The maximum absolute atomic E-state index is 12.1. The fraction of sp³-hybridized carbons (Fsp3) is 0.826. The Morgan fingerprint density at radius 3 is 2.52 bits per heavy atom. The highest BCUT2D eigenvalue weighted by Gasteiger charge is 2.72. The van der Waals surface area contributed by atoms with Gasteiger partial charge in [-0.15, -0.1) is 0 Å². The molecule has 0 saturated heterocycles. The zero-order valence-electron chi connectivity index (χ0n) is 16.7. The third-order valence-electron chi connectivity index (χ3n) is 9.97. The average molecular weight is 375 g/mol. The highest BCUT2D eigenvalue weighted by molar-refractivity contribution is 5.30. The summed E-state index contributed by atoms with van der Waals surface area (Å²) in [6, 6.07) is 1.86. The molecule has 4 saturated carbocycles. The SMILES string of the molecule is C[C@]12CC[C@@H](O)C[C@H]1CC[C@@H]1[C@@H]2CC[C@]2(C)[C@](O)(c3ccoc3)CC[C@@]12O. The minimum Gasteiger partial charge on any atom is -0.472 e. The first-order valence-corrected chi connectivity index (χ1v) is 10.9. The number of aliphatic hydroxyl groups excluding tert-OH is 1. The molecule has 4 aliphatic rings. The molecule has 150 valence electrons. The molecular formula is C23H34O4. The Bertz CT molecular complexity index is 716. The van der Waals surface area contributed by atoms with Gasteiger partial charge in [-0.2, -0.15) is 0 Å². The molecule has 8 atom stereocenters. The van der Waals surface area contributed by atoms with Crippen LogP contribution in [-0.2, 0) is 5.60 Å². The van der Waals surface area contributed by atoms with Crippen molar-refractivity contribution in [3.63, 3.8) is 0 Å². The lowest BCUT2D eigenvalue weighted by molar-refractivity contribution is -0.238. The second-order valence-corrected chi connectivity index (χ2v) is 10.6. The Labute approximate surface area is 162 Å². The Morgan fingerprint density at radius 1 is 0.963 bits per heavy atom. The van der Waals surface area contributed by atoms with Crippen LogP contribution < -0.4 is 0 Å². The predicted molar refractivity (Wildman–Crippen MR) is 102 cm³/mol. The van der Waals surface area contributed by atoms with E-state index in [4.69, 9.17) is 4.42 Å². The third kappa shape index (κ3) is 2.10. The van der Waals surface area contributed by atoms with Gasteiger partial charge in [0, 0.05) is 11.0 Å². The second kappa shape index (κ2) is 5.61. The molecule has 0 aliphatic heterocycles. The molecule has 27 heavy (non-hydrogen) atoms. The monoisotopic (exact) mass is 374 g/mol. The van der Waals surface area contributed by atoms with Gasteiger partial charge in [0.1, 0.15) is 5.60 Å². The number of furan rings is 1. The van der Waals surface area contributed by atoms with Crippen molar-refractivity contribution in [2.24, 2.45) is 28.6 Å². The van der Waals surface area contributed by atoms with Crippen LogP contribution in [0.5, 0.6) is 0 Å².